The standard InChI is InChI=1S/C32H33F3N4O4S.C2H6/c1-19-37-28-16-26(12-13-29(28)38(19)2)44-39(3)24-8-4-20(5-9-24)27-15-23(36-18-40)14-21(30(27)31(41)42)17-43-25-10-6-22(7-11-25)32(33,34)35;1-2/h4-13,16,18,21,23,27,30H,14-15,17H2,1-3H3,(H,36,40)(H,41,42);1-2H3/t21-,23?,27+,30?;/m1./s1. The van der Waals surface area contributed by atoms with E-state index in [9.17, 15) is 27.9 Å². The average Bonchev–Trinajstić information content (AvgIpc) is 3.32. The lowest BCUT2D eigenvalue weighted by Gasteiger charge is -2.40. The summed E-state index contributed by atoms with van der Waals surface area (Å²) in [6.45, 7) is 5.95. The summed E-state index contributed by atoms with van der Waals surface area (Å²) >= 11 is 1.55. The highest BCUT2D eigenvalue weighted by Crippen LogP contribution is 2.43. The van der Waals surface area contributed by atoms with E-state index in [1.807, 2.05) is 86.2 Å². The van der Waals surface area contributed by atoms with Crippen molar-refractivity contribution in [3.05, 3.63) is 83.7 Å². The Hall–Kier alpha value is -4.19. The Kier molecular flexibility index (Phi) is 11.3. The number of aryl methyl sites for hydroxylation is 2. The van der Waals surface area contributed by atoms with Gasteiger partial charge in [0, 0.05) is 36.6 Å². The summed E-state index contributed by atoms with van der Waals surface area (Å²) in [5, 5.41) is 13.1. The lowest BCUT2D eigenvalue weighted by Crippen LogP contribution is -2.45. The van der Waals surface area contributed by atoms with Crippen molar-refractivity contribution < 1.29 is 32.6 Å². The molecule has 12 heteroatoms. The maximum atomic E-state index is 12.9. The Morgan fingerprint density at radius 1 is 1.11 bits per heavy atom. The number of carbonyl (C=O) groups is 2. The van der Waals surface area contributed by atoms with Gasteiger partial charge >= 0.3 is 12.1 Å². The van der Waals surface area contributed by atoms with Gasteiger partial charge in [0.1, 0.15) is 11.6 Å². The number of carbonyl (C=O) groups excluding carboxylic acids is 1. The van der Waals surface area contributed by atoms with E-state index in [0.717, 1.165) is 45.1 Å². The molecule has 0 spiro atoms. The molecule has 2 N–H and O–H groups in total. The van der Waals surface area contributed by atoms with Gasteiger partial charge in [0.05, 0.1) is 29.1 Å². The molecule has 0 aliphatic heterocycles. The van der Waals surface area contributed by atoms with Crippen molar-refractivity contribution in [2.24, 2.45) is 18.9 Å². The number of fused-ring (bicyclic) bond motifs is 1. The van der Waals surface area contributed by atoms with Crippen LogP contribution in [0.25, 0.3) is 11.0 Å². The van der Waals surface area contributed by atoms with Crippen molar-refractivity contribution in [3.8, 4) is 5.75 Å². The van der Waals surface area contributed by atoms with Crippen LogP contribution in [-0.2, 0) is 22.8 Å². The number of nitrogens with zero attached hydrogens (tertiary/aromatic N) is 3. The van der Waals surface area contributed by atoms with Gasteiger partial charge in [-0.2, -0.15) is 13.2 Å². The van der Waals surface area contributed by atoms with Gasteiger partial charge in [0.2, 0.25) is 6.41 Å². The minimum Gasteiger partial charge on any atom is -0.493 e. The van der Waals surface area contributed by atoms with Gasteiger partial charge in [0.25, 0.3) is 0 Å². The summed E-state index contributed by atoms with van der Waals surface area (Å²) in [7, 11) is 3.94. The Morgan fingerprint density at radius 2 is 1.78 bits per heavy atom. The minimum atomic E-state index is -4.46. The molecule has 3 aromatic carbocycles. The third-order valence-corrected chi connectivity index (χ3v) is 9.25. The maximum Gasteiger partial charge on any atom is 0.416 e. The van der Waals surface area contributed by atoms with E-state index in [0.29, 0.717) is 19.3 Å². The van der Waals surface area contributed by atoms with E-state index in [4.69, 9.17) is 4.74 Å². The van der Waals surface area contributed by atoms with Crippen molar-refractivity contribution in [3.63, 3.8) is 0 Å². The van der Waals surface area contributed by atoms with Crippen LogP contribution in [0.2, 0.25) is 0 Å². The van der Waals surface area contributed by atoms with Crippen LogP contribution < -0.4 is 14.4 Å². The van der Waals surface area contributed by atoms with Crippen LogP contribution >= 0.6 is 11.9 Å². The summed E-state index contributed by atoms with van der Waals surface area (Å²) < 4.78 is 48.7. The average molecular weight is 657 g/mol. The topological polar surface area (TPSA) is 96.7 Å². The Labute approximate surface area is 271 Å². The van der Waals surface area contributed by atoms with Crippen molar-refractivity contribution in [2.45, 2.75) is 56.6 Å². The fraction of sp³-hybridized carbons (Fsp3) is 0.382. The highest BCUT2D eigenvalue weighted by atomic mass is 32.2. The van der Waals surface area contributed by atoms with Crippen LogP contribution in [0.3, 0.4) is 0 Å². The Balaban J connectivity index is 0.00000235. The molecule has 8 nitrogen and oxygen atoms in total. The van der Waals surface area contributed by atoms with Gasteiger partial charge in [-0.1, -0.05) is 26.0 Å². The molecular weight excluding hydrogens is 617 g/mol. The van der Waals surface area contributed by atoms with E-state index >= 15 is 0 Å². The normalized spacial score (nSPS) is 19.6. The van der Waals surface area contributed by atoms with Gasteiger partial charge in [0.15, 0.2) is 0 Å². The Morgan fingerprint density at radius 3 is 2.39 bits per heavy atom. The number of alkyl halides is 3. The Bertz CT molecular complexity index is 1630. The summed E-state index contributed by atoms with van der Waals surface area (Å²) in [6.07, 6.45) is -3.06. The van der Waals surface area contributed by atoms with E-state index in [-0.39, 0.29) is 18.4 Å². The predicted octanol–water partition coefficient (Wildman–Crippen LogP) is 7.46. The van der Waals surface area contributed by atoms with Crippen LogP contribution in [0.1, 0.15) is 49.6 Å². The zero-order valence-electron chi connectivity index (χ0n) is 26.4. The summed E-state index contributed by atoms with van der Waals surface area (Å²) in [4.78, 5) is 29.6. The number of rotatable bonds is 10. The number of halogens is 3. The first kappa shape index (κ1) is 34.7. The second-order valence-corrected chi connectivity index (χ2v) is 12.3. The number of amides is 1. The number of carboxylic acids is 1. The number of nitrogens with one attached hydrogen (secondary N) is 1. The lowest BCUT2D eigenvalue weighted by molar-refractivity contribution is -0.147. The van der Waals surface area contributed by atoms with Crippen LogP contribution in [-0.4, -0.2) is 46.7 Å². The van der Waals surface area contributed by atoms with Crippen molar-refractivity contribution in [1.29, 1.82) is 0 Å². The number of benzene rings is 3. The molecule has 1 aliphatic carbocycles. The second-order valence-electron chi connectivity index (χ2n) is 11.1. The molecule has 1 amide bonds. The third-order valence-electron chi connectivity index (χ3n) is 8.30. The summed E-state index contributed by atoms with van der Waals surface area (Å²) in [6, 6.07) is 17.9. The number of ether oxygens (including phenoxy) is 1. The number of hydrogen-bond donors (Lipinski definition) is 2. The lowest BCUT2D eigenvalue weighted by atomic mass is 9.67. The first-order valence-corrected chi connectivity index (χ1v) is 15.9. The monoisotopic (exact) mass is 656 g/mol. The molecule has 0 radical (unpaired) electrons. The molecule has 2 unspecified atom stereocenters. The highest BCUT2D eigenvalue weighted by Gasteiger charge is 2.43. The van der Waals surface area contributed by atoms with E-state index in [1.54, 1.807) is 11.9 Å². The van der Waals surface area contributed by atoms with E-state index in [1.165, 1.54) is 12.1 Å². The molecule has 1 heterocycles. The summed E-state index contributed by atoms with van der Waals surface area (Å²) in [5.74, 6) is -1.56. The zero-order chi connectivity index (χ0) is 33.6. The third kappa shape index (κ3) is 7.96. The van der Waals surface area contributed by atoms with Gasteiger partial charge in [-0.25, -0.2) is 4.98 Å². The minimum absolute atomic E-state index is 0.0204. The van der Waals surface area contributed by atoms with Gasteiger partial charge < -0.3 is 24.0 Å². The number of carboxylic acid groups (broad SMARTS) is 1. The molecule has 46 heavy (non-hydrogen) atoms. The molecule has 0 saturated heterocycles. The van der Waals surface area contributed by atoms with Crippen molar-refractivity contribution in [1.82, 2.24) is 14.9 Å². The highest BCUT2D eigenvalue weighted by molar-refractivity contribution is 8.00. The van der Waals surface area contributed by atoms with Crippen molar-refractivity contribution in [2.75, 3.05) is 18.0 Å². The van der Waals surface area contributed by atoms with Crippen LogP contribution in [0.5, 0.6) is 5.75 Å². The quantitative estimate of drug-likeness (QED) is 0.135. The molecule has 1 fully saturated rings. The van der Waals surface area contributed by atoms with E-state index < -0.39 is 35.5 Å². The van der Waals surface area contributed by atoms with Gasteiger partial charge in [-0.05, 0) is 97.8 Å². The van der Waals surface area contributed by atoms with Crippen LogP contribution in [0.15, 0.2) is 71.6 Å². The molecule has 1 aliphatic rings. The van der Waals surface area contributed by atoms with E-state index in [2.05, 4.69) is 10.3 Å². The molecule has 1 saturated carbocycles. The maximum absolute atomic E-state index is 12.9. The van der Waals surface area contributed by atoms with Gasteiger partial charge in [-0.15, -0.1) is 0 Å². The largest absolute Gasteiger partial charge is 0.493 e. The SMILES string of the molecule is CC.Cc1nc2cc(SN(C)c3ccc([C@@H]4CC(NC=O)C[C@H](COc5ccc(C(F)(F)F)cc5)C4C(=O)O)cc3)ccc2n1C. The van der Waals surface area contributed by atoms with Gasteiger partial charge in [-0.3, -0.25) is 9.59 Å². The van der Waals surface area contributed by atoms with Crippen LogP contribution in [0, 0.1) is 18.8 Å². The molecule has 4 atom stereocenters. The number of aromatic nitrogens is 2. The first-order valence-electron chi connectivity index (χ1n) is 15.1. The summed E-state index contributed by atoms with van der Waals surface area (Å²) in [5.41, 5.74) is 2.93. The van der Waals surface area contributed by atoms with Crippen LogP contribution in [0.4, 0.5) is 18.9 Å². The number of aliphatic carboxylic acids is 1. The molecule has 1 aromatic heterocycles. The number of anilines is 1. The molecule has 246 valence electrons. The molecular formula is C34H39F3N4O4S. The molecule has 4 aromatic rings. The smallest absolute Gasteiger partial charge is 0.416 e. The molecule has 5 rings (SSSR count). The predicted molar refractivity (Wildman–Crippen MR) is 174 cm³/mol. The second kappa shape index (κ2) is 14.9. The number of hydrogen-bond acceptors (Lipinski definition) is 6. The fourth-order valence-electron chi connectivity index (χ4n) is 5.95. The van der Waals surface area contributed by atoms with Crippen molar-refractivity contribution >= 4 is 41.0 Å². The first-order chi connectivity index (χ1) is 21.9. The number of imidazole rings is 1. The molecule has 0 bridgehead atoms. The fourth-order valence-corrected chi connectivity index (χ4v) is 6.79. The zero-order valence-corrected chi connectivity index (χ0v) is 27.2.